The Bertz CT molecular complexity index is 342. The van der Waals surface area contributed by atoms with E-state index in [9.17, 15) is 4.79 Å². The molecule has 1 fully saturated rings. The Morgan fingerprint density at radius 3 is 2.79 bits per heavy atom. The van der Waals surface area contributed by atoms with Crippen LogP contribution in [0.25, 0.3) is 0 Å². The second kappa shape index (κ2) is 3.65. The van der Waals surface area contributed by atoms with Gasteiger partial charge >= 0.3 is 0 Å². The first-order valence-electron chi connectivity index (χ1n) is 4.71. The third kappa shape index (κ3) is 1.93. The van der Waals surface area contributed by atoms with Crippen LogP contribution in [-0.4, -0.2) is 11.9 Å². The number of carbonyl (C=O) groups excluding carboxylic acids is 1. The van der Waals surface area contributed by atoms with Crippen LogP contribution in [0.2, 0.25) is 5.22 Å². The number of furan rings is 1. The topological polar surface area (TPSA) is 42.2 Å². The smallest absolute Gasteiger partial charge is 0.287 e. The fourth-order valence-electron chi connectivity index (χ4n) is 1.71. The maximum Gasteiger partial charge on any atom is 0.287 e. The number of nitrogens with one attached hydrogen (secondary N) is 1. The van der Waals surface area contributed by atoms with E-state index < -0.39 is 0 Å². The quantitative estimate of drug-likeness (QED) is 0.820. The Labute approximate surface area is 87.4 Å². The van der Waals surface area contributed by atoms with Crippen molar-refractivity contribution in [3.8, 4) is 0 Å². The van der Waals surface area contributed by atoms with E-state index in [2.05, 4.69) is 12.2 Å². The summed E-state index contributed by atoms with van der Waals surface area (Å²) in [6, 6.07) is 3.46. The molecule has 0 aromatic carbocycles. The molecule has 1 aromatic heterocycles. The van der Waals surface area contributed by atoms with Crippen molar-refractivity contribution in [3.05, 3.63) is 23.1 Å². The van der Waals surface area contributed by atoms with Crippen LogP contribution in [0.4, 0.5) is 0 Å². The summed E-state index contributed by atoms with van der Waals surface area (Å²) in [5.74, 6) is 0.837. The number of rotatable bonds is 2. The van der Waals surface area contributed by atoms with E-state index in [1.165, 1.54) is 0 Å². The van der Waals surface area contributed by atoms with Crippen molar-refractivity contribution < 1.29 is 9.21 Å². The molecular weight excluding hydrogens is 202 g/mol. The predicted molar refractivity (Wildman–Crippen MR) is 53.4 cm³/mol. The Morgan fingerprint density at radius 2 is 2.29 bits per heavy atom. The van der Waals surface area contributed by atoms with Gasteiger partial charge in [0.1, 0.15) is 0 Å². The van der Waals surface area contributed by atoms with Gasteiger partial charge in [0.15, 0.2) is 11.0 Å². The van der Waals surface area contributed by atoms with Crippen molar-refractivity contribution in [1.29, 1.82) is 0 Å². The standard InChI is InChI=1S/C10H12ClNO2/c1-6-4-7(5-6)12-10(13)8-2-3-9(11)14-8/h2-3,6-7H,4-5H2,1H3,(H,12,13). The Morgan fingerprint density at radius 1 is 1.57 bits per heavy atom. The first kappa shape index (κ1) is 9.59. The second-order valence-corrected chi connectivity index (χ2v) is 4.22. The Balaban J connectivity index is 1.90. The molecule has 0 unspecified atom stereocenters. The van der Waals surface area contributed by atoms with Gasteiger partial charge in [0, 0.05) is 6.04 Å². The van der Waals surface area contributed by atoms with Gasteiger partial charge in [-0.05, 0) is 42.5 Å². The zero-order valence-electron chi connectivity index (χ0n) is 7.92. The number of hydrogen-bond acceptors (Lipinski definition) is 2. The van der Waals surface area contributed by atoms with Crippen LogP contribution in [-0.2, 0) is 0 Å². The lowest BCUT2D eigenvalue weighted by Crippen LogP contribution is -2.43. The SMILES string of the molecule is CC1CC(NC(=O)c2ccc(Cl)o2)C1. The van der Waals surface area contributed by atoms with Crippen molar-refractivity contribution in [2.75, 3.05) is 0 Å². The van der Waals surface area contributed by atoms with Gasteiger partial charge < -0.3 is 9.73 Å². The average molecular weight is 214 g/mol. The molecule has 1 aliphatic carbocycles. The molecule has 1 heterocycles. The zero-order valence-corrected chi connectivity index (χ0v) is 8.67. The van der Waals surface area contributed by atoms with Gasteiger partial charge in [-0.15, -0.1) is 0 Å². The predicted octanol–water partition coefficient (Wildman–Crippen LogP) is 2.46. The molecule has 14 heavy (non-hydrogen) atoms. The van der Waals surface area contributed by atoms with Crippen LogP contribution < -0.4 is 5.32 Å². The van der Waals surface area contributed by atoms with Crippen molar-refractivity contribution in [2.45, 2.75) is 25.8 Å². The summed E-state index contributed by atoms with van der Waals surface area (Å²) in [7, 11) is 0. The van der Waals surface area contributed by atoms with Gasteiger partial charge in [-0.1, -0.05) is 6.92 Å². The van der Waals surface area contributed by atoms with Crippen LogP contribution in [0.1, 0.15) is 30.3 Å². The van der Waals surface area contributed by atoms with Crippen LogP contribution in [0.5, 0.6) is 0 Å². The lowest BCUT2D eigenvalue weighted by atomic mass is 9.82. The molecule has 0 saturated heterocycles. The minimum Gasteiger partial charge on any atom is -0.440 e. The molecule has 76 valence electrons. The number of amides is 1. The normalized spacial score (nSPS) is 25.6. The minimum atomic E-state index is -0.172. The highest BCUT2D eigenvalue weighted by Crippen LogP contribution is 2.26. The summed E-state index contributed by atoms with van der Waals surface area (Å²) in [5, 5.41) is 3.13. The highest BCUT2D eigenvalue weighted by molar-refractivity contribution is 6.29. The molecule has 0 radical (unpaired) electrons. The van der Waals surface area contributed by atoms with Crippen molar-refractivity contribution in [3.63, 3.8) is 0 Å². The fraction of sp³-hybridized carbons (Fsp3) is 0.500. The van der Waals surface area contributed by atoms with Crippen molar-refractivity contribution >= 4 is 17.5 Å². The fourth-order valence-corrected chi connectivity index (χ4v) is 1.86. The molecule has 0 atom stereocenters. The first-order chi connectivity index (χ1) is 6.65. The third-order valence-electron chi connectivity index (χ3n) is 2.51. The van der Waals surface area contributed by atoms with Gasteiger partial charge in [0.25, 0.3) is 5.91 Å². The molecular formula is C10H12ClNO2. The van der Waals surface area contributed by atoms with E-state index in [-0.39, 0.29) is 16.9 Å². The monoisotopic (exact) mass is 213 g/mol. The van der Waals surface area contributed by atoms with Crippen molar-refractivity contribution in [1.82, 2.24) is 5.32 Å². The molecule has 1 saturated carbocycles. The van der Waals surface area contributed by atoms with Gasteiger partial charge in [-0.3, -0.25) is 4.79 Å². The summed E-state index contributed by atoms with van der Waals surface area (Å²) in [4.78, 5) is 11.5. The second-order valence-electron chi connectivity index (χ2n) is 3.85. The molecule has 0 spiro atoms. The number of carbonyl (C=O) groups is 1. The summed E-state index contributed by atoms with van der Waals surface area (Å²) in [5.41, 5.74) is 0. The summed E-state index contributed by atoms with van der Waals surface area (Å²) < 4.78 is 4.99. The molecule has 1 aliphatic rings. The molecule has 3 nitrogen and oxygen atoms in total. The van der Waals surface area contributed by atoms with Crippen molar-refractivity contribution in [2.24, 2.45) is 5.92 Å². The highest BCUT2D eigenvalue weighted by Gasteiger charge is 2.27. The number of halogens is 1. The molecule has 1 aromatic rings. The maximum absolute atomic E-state index is 11.5. The van der Waals surface area contributed by atoms with Gasteiger partial charge in [0.05, 0.1) is 0 Å². The summed E-state index contributed by atoms with van der Waals surface area (Å²) in [6.07, 6.45) is 2.11. The van der Waals surface area contributed by atoms with E-state index in [0.717, 1.165) is 18.8 Å². The molecule has 0 bridgehead atoms. The van der Waals surface area contributed by atoms with Crippen LogP contribution in [0.15, 0.2) is 16.5 Å². The van der Waals surface area contributed by atoms with Crippen LogP contribution >= 0.6 is 11.6 Å². The van der Waals surface area contributed by atoms with Gasteiger partial charge in [-0.2, -0.15) is 0 Å². The van der Waals surface area contributed by atoms with E-state index in [1.807, 2.05) is 0 Å². The average Bonchev–Trinajstić information content (AvgIpc) is 2.49. The van der Waals surface area contributed by atoms with E-state index in [0.29, 0.717) is 6.04 Å². The molecule has 0 aliphatic heterocycles. The van der Waals surface area contributed by atoms with Crippen LogP contribution in [0.3, 0.4) is 0 Å². The summed E-state index contributed by atoms with van der Waals surface area (Å²) >= 11 is 5.57. The highest BCUT2D eigenvalue weighted by atomic mass is 35.5. The van der Waals surface area contributed by atoms with E-state index in [4.69, 9.17) is 16.0 Å². The minimum absolute atomic E-state index is 0.172. The Kier molecular flexibility index (Phi) is 2.50. The number of hydrogen-bond donors (Lipinski definition) is 1. The molecule has 1 N–H and O–H groups in total. The van der Waals surface area contributed by atoms with Gasteiger partial charge in [0.2, 0.25) is 0 Å². The zero-order chi connectivity index (χ0) is 10.1. The maximum atomic E-state index is 11.5. The molecule has 4 heteroatoms. The van der Waals surface area contributed by atoms with Gasteiger partial charge in [-0.25, -0.2) is 0 Å². The largest absolute Gasteiger partial charge is 0.440 e. The molecule has 1 amide bonds. The summed E-state index contributed by atoms with van der Waals surface area (Å²) in [6.45, 7) is 2.17. The van der Waals surface area contributed by atoms with E-state index in [1.54, 1.807) is 12.1 Å². The van der Waals surface area contributed by atoms with E-state index >= 15 is 0 Å². The molecule has 2 rings (SSSR count). The Hall–Kier alpha value is -0.960. The third-order valence-corrected chi connectivity index (χ3v) is 2.71. The lowest BCUT2D eigenvalue weighted by molar-refractivity contribution is 0.0868. The lowest BCUT2D eigenvalue weighted by Gasteiger charge is -2.32. The van der Waals surface area contributed by atoms with Crippen LogP contribution in [0, 0.1) is 5.92 Å². The first-order valence-corrected chi connectivity index (χ1v) is 5.09.